The van der Waals surface area contributed by atoms with Crippen LogP contribution in [0.25, 0.3) is 0 Å². The Balaban J connectivity index is 2.39. The van der Waals surface area contributed by atoms with Crippen molar-refractivity contribution in [3.05, 3.63) is 29.8 Å². The molecule has 19 heavy (non-hydrogen) atoms. The maximum atomic E-state index is 12.3. The summed E-state index contributed by atoms with van der Waals surface area (Å²) in [6.07, 6.45) is -4.32. The Kier molecular flexibility index (Phi) is 5.47. The largest absolute Gasteiger partial charge is 0.492 e. The van der Waals surface area contributed by atoms with E-state index in [1.165, 1.54) is 12.1 Å². The van der Waals surface area contributed by atoms with E-state index in [9.17, 15) is 13.2 Å². The number of halogens is 3. The van der Waals surface area contributed by atoms with Crippen LogP contribution in [0.1, 0.15) is 5.56 Å². The first-order chi connectivity index (χ1) is 8.97. The second kappa shape index (κ2) is 6.86. The first-order valence-corrected chi connectivity index (χ1v) is 5.66. The van der Waals surface area contributed by atoms with Crippen molar-refractivity contribution in [1.29, 1.82) is 0 Å². The van der Waals surface area contributed by atoms with Gasteiger partial charge >= 0.3 is 6.18 Å². The van der Waals surface area contributed by atoms with Crippen molar-refractivity contribution in [2.45, 2.75) is 6.18 Å². The molecule has 0 amide bonds. The van der Waals surface area contributed by atoms with Crippen molar-refractivity contribution in [2.75, 3.05) is 27.2 Å². The minimum absolute atomic E-state index is 0.325. The van der Waals surface area contributed by atoms with Gasteiger partial charge in [-0.05, 0) is 24.3 Å². The molecule has 0 aliphatic carbocycles. The molecule has 0 bridgehead atoms. The van der Waals surface area contributed by atoms with Crippen LogP contribution >= 0.6 is 0 Å². The molecule has 0 unspecified atom stereocenters. The highest BCUT2D eigenvalue weighted by Gasteiger charge is 2.29. The molecule has 0 fully saturated rings. The van der Waals surface area contributed by atoms with Gasteiger partial charge in [0.1, 0.15) is 12.4 Å². The molecule has 0 aromatic heterocycles. The van der Waals surface area contributed by atoms with Crippen molar-refractivity contribution >= 4 is 5.96 Å². The van der Waals surface area contributed by atoms with Gasteiger partial charge in [0, 0.05) is 14.1 Å². The van der Waals surface area contributed by atoms with Crippen LogP contribution in [0.3, 0.4) is 0 Å². The average molecular weight is 275 g/mol. The fraction of sp³-hybridized carbons (Fsp3) is 0.417. The zero-order valence-electron chi connectivity index (χ0n) is 10.7. The second-order valence-corrected chi connectivity index (χ2v) is 3.62. The molecule has 0 aliphatic rings. The summed E-state index contributed by atoms with van der Waals surface area (Å²) >= 11 is 0. The van der Waals surface area contributed by atoms with Gasteiger partial charge in [-0.15, -0.1) is 0 Å². The van der Waals surface area contributed by atoms with Crippen molar-refractivity contribution in [3.63, 3.8) is 0 Å². The van der Waals surface area contributed by atoms with E-state index in [-0.39, 0.29) is 0 Å². The van der Waals surface area contributed by atoms with Crippen LogP contribution in [0.15, 0.2) is 29.3 Å². The van der Waals surface area contributed by atoms with Crippen molar-refractivity contribution in [3.8, 4) is 5.75 Å². The summed E-state index contributed by atoms with van der Waals surface area (Å²) in [4.78, 5) is 3.90. The number of hydrogen-bond acceptors (Lipinski definition) is 2. The number of rotatable bonds is 4. The molecule has 1 rings (SSSR count). The van der Waals surface area contributed by atoms with Gasteiger partial charge in [-0.3, -0.25) is 4.99 Å². The van der Waals surface area contributed by atoms with Crippen LogP contribution in [0.4, 0.5) is 13.2 Å². The number of nitrogens with zero attached hydrogens (tertiary/aromatic N) is 1. The Labute approximate surface area is 109 Å². The topological polar surface area (TPSA) is 45.7 Å². The highest BCUT2D eigenvalue weighted by atomic mass is 19.4. The van der Waals surface area contributed by atoms with Crippen LogP contribution in [0.5, 0.6) is 5.75 Å². The normalized spacial score (nSPS) is 12.2. The van der Waals surface area contributed by atoms with Crippen molar-refractivity contribution < 1.29 is 17.9 Å². The lowest BCUT2D eigenvalue weighted by Gasteiger charge is -2.11. The summed E-state index contributed by atoms with van der Waals surface area (Å²) in [5, 5.41) is 5.79. The molecule has 0 spiro atoms. The number of guanidine groups is 1. The van der Waals surface area contributed by atoms with Gasteiger partial charge in [-0.25, -0.2) is 0 Å². The number of hydrogen-bond donors (Lipinski definition) is 2. The smallest absolute Gasteiger partial charge is 0.416 e. The zero-order chi connectivity index (χ0) is 14.3. The third-order valence-corrected chi connectivity index (χ3v) is 2.31. The van der Waals surface area contributed by atoms with E-state index < -0.39 is 11.7 Å². The Hall–Kier alpha value is -1.92. The Morgan fingerprint density at radius 1 is 1.26 bits per heavy atom. The molecule has 1 aromatic carbocycles. The lowest BCUT2D eigenvalue weighted by Crippen LogP contribution is -2.37. The molecule has 0 heterocycles. The number of benzene rings is 1. The van der Waals surface area contributed by atoms with Crippen LogP contribution in [-0.4, -0.2) is 33.2 Å². The zero-order valence-corrected chi connectivity index (χ0v) is 10.7. The molecular formula is C12H16F3N3O. The first-order valence-electron chi connectivity index (χ1n) is 5.66. The number of aliphatic imine (C=N–C) groups is 1. The van der Waals surface area contributed by atoms with Gasteiger partial charge in [0.2, 0.25) is 0 Å². The maximum absolute atomic E-state index is 12.3. The van der Waals surface area contributed by atoms with E-state index in [1.807, 2.05) is 0 Å². The molecule has 106 valence electrons. The number of ether oxygens (including phenoxy) is 1. The van der Waals surface area contributed by atoms with Crippen LogP contribution in [0.2, 0.25) is 0 Å². The third kappa shape index (κ3) is 5.07. The monoisotopic (exact) mass is 275 g/mol. The SMILES string of the molecule is CN=C(NC)NCCOc1ccc(C(F)(F)F)cc1. The van der Waals surface area contributed by atoms with E-state index in [1.54, 1.807) is 14.1 Å². The standard InChI is InChI=1S/C12H16F3N3O/c1-16-11(17-2)18-7-8-19-10-5-3-9(4-6-10)12(13,14)15/h3-6H,7-8H2,1-2H3,(H2,16,17,18). The minimum Gasteiger partial charge on any atom is -0.492 e. The highest BCUT2D eigenvalue weighted by Crippen LogP contribution is 2.30. The Morgan fingerprint density at radius 2 is 1.89 bits per heavy atom. The summed E-state index contributed by atoms with van der Waals surface area (Å²) in [5.41, 5.74) is -0.687. The average Bonchev–Trinajstić information content (AvgIpc) is 2.38. The van der Waals surface area contributed by atoms with E-state index in [0.717, 1.165) is 12.1 Å². The fourth-order valence-corrected chi connectivity index (χ4v) is 1.36. The fourth-order valence-electron chi connectivity index (χ4n) is 1.36. The van der Waals surface area contributed by atoms with Crippen molar-refractivity contribution in [2.24, 2.45) is 4.99 Å². The lowest BCUT2D eigenvalue weighted by molar-refractivity contribution is -0.137. The van der Waals surface area contributed by atoms with Crippen molar-refractivity contribution in [1.82, 2.24) is 10.6 Å². The molecule has 0 radical (unpaired) electrons. The molecule has 0 saturated heterocycles. The summed E-state index contributed by atoms with van der Waals surface area (Å²) < 4.78 is 42.3. The Bertz CT molecular complexity index is 415. The predicted octanol–water partition coefficient (Wildman–Crippen LogP) is 1.88. The third-order valence-electron chi connectivity index (χ3n) is 2.31. The molecule has 1 aromatic rings. The van der Waals surface area contributed by atoms with E-state index >= 15 is 0 Å². The molecule has 0 saturated carbocycles. The summed E-state index contributed by atoms with van der Waals surface area (Å²) in [6, 6.07) is 4.59. The van der Waals surface area contributed by atoms with Crippen LogP contribution in [-0.2, 0) is 6.18 Å². The van der Waals surface area contributed by atoms with Gasteiger partial charge in [-0.2, -0.15) is 13.2 Å². The second-order valence-electron chi connectivity index (χ2n) is 3.62. The molecule has 0 aliphatic heterocycles. The van der Waals surface area contributed by atoms with E-state index in [2.05, 4.69) is 15.6 Å². The highest BCUT2D eigenvalue weighted by molar-refractivity contribution is 5.79. The molecule has 4 nitrogen and oxygen atoms in total. The lowest BCUT2D eigenvalue weighted by atomic mass is 10.2. The van der Waals surface area contributed by atoms with E-state index in [0.29, 0.717) is 24.9 Å². The van der Waals surface area contributed by atoms with Crippen LogP contribution in [0, 0.1) is 0 Å². The number of alkyl halides is 3. The molecular weight excluding hydrogens is 259 g/mol. The minimum atomic E-state index is -4.32. The maximum Gasteiger partial charge on any atom is 0.416 e. The van der Waals surface area contributed by atoms with Crippen LogP contribution < -0.4 is 15.4 Å². The van der Waals surface area contributed by atoms with Gasteiger partial charge in [0.25, 0.3) is 0 Å². The number of nitrogens with one attached hydrogen (secondary N) is 2. The predicted molar refractivity (Wildman–Crippen MR) is 67.4 cm³/mol. The van der Waals surface area contributed by atoms with Gasteiger partial charge in [0.15, 0.2) is 5.96 Å². The molecule has 7 heteroatoms. The van der Waals surface area contributed by atoms with Gasteiger partial charge in [0.05, 0.1) is 12.1 Å². The quantitative estimate of drug-likeness (QED) is 0.501. The Morgan fingerprint density at radius 3 is 2.37 bits per heavy atom. The molecule has 0 atom stereocenters. The first kappa shape index (κ1) is 15.1. The summed E-state index contributed by atoms with van der Waals surface area (Å²) in [5.74, 6) is 1.02. The summed E-state index contributed by atoms with van der Waals surface area (Å²) in [7, 11) is 3.36. The molecule has 2 N–H and O–H groups in total. The van der Waals surface area contributed by atoms with Gasteiger partial charge in [-0.1, -0.05) is 0 Å². The van der Waals surface area contributed by atoms with Gasteiger partial charge < -0.3 is 15.4 Å². The summed E-state index contributed by atoms with van der Waals surface area (Å²) in [6.45, 7) is 0.820. The van der Waals surface area contributed by atoms with E-state index in [4.69, 9.17) is 4.74 Å².